The highest BCUT2D eigenvalue weighted by Gasteiger charge is 2.09. The van der Waals surface area contributed by atoms with Gasteiger partial charge in [-0.3, -0.25) is 4.68 Å². The summed E-state index contributed by atoms with van der Waals surface area (Å²) in [7, 11) is 2.00. The third-order valence-corrected chi connectivity index (χ3v) is 2.86. The molecule has 1 rings (SSSR count). The molecule has 1 aromatic rings. The van der Waals surface area contributed by atoms with Gasteiger partial charge in [-0.05, 0) is 19.7 Å². The van der Waals surface area contributed by atoms with Gasteiger partial charge in [0.1, 0.15) is 0 Å². The Labute approximate surface area is 90.3 Å². The van der Waals surface area contributed by atoms with Gasteiger partial charge < -0.3 is 5.32 Å². The van der Waals surface area contributed by atoms with Crippen LogP contribution in [0.1, 0.15) is 24.9 Å². The number of thioether (sulfide) groups is 1. The maximum atomic E-state index is 4.32. The summed E-state index contributed by atoms with van der Waals surface area (Å²) in [6.45, 7) is 3.18. The van der Waals surface area contributed by atoms with Crippen molar-refractivity contribution in [2.24, 2.45) is 0 Å². The van der Waals surface area contributed by atoms with Crippen LogP contribution >= 0.6 is 11.8 Å². The summed E-state index contributed by atoms with van der Waals surface area (Å²) in [6.07, 6.45) is 7.36. The topological polar surface area (TPSA) is 29.9 Å². The molecule has 4 heteroatoms. The molecule has 0 saturated carbocycles. The van der Waals surface area contributed by atoms with Crippen molar-refractivity contribution >= 4 is 11.8 Å². The molecule has 1 N–H and O–H groups in total. The first-order chi connectivity index (χ1) is 6.81. The third-order valence-electron chi connectivity index (χ3n) is 2.19. The average Bonchev–Trinajstić information content (AvgIpc) is 2.63. The predicted molar refractivity (Wildman–Crippen MR) is 62.7 cm³/mol. The lowest BCUT2D eigenvalue weighted by Gasteiger charge is -2.11. The molecule has 1 unspecified atom stereocenters. The highest BCUT2D eigenvalue weighted by Crippen LogP contribution is 2.15. The summed E-state index contributed by atoms with van der Waals surface area (Å²) in [5.41, 5.74) is 1.29. The highest BCUT2D eigenvalue weighted by atomic mass is 32.2. The van der Waals surface area contributed by atoms with Gasteiger partial charge in [0.05, 0.1) is 6.20 Å². The molecule has 0 radical (unpaired) electrons. The van der Waals surface area contributed by atoms with E-state index in [4.69, 9.17) is 0 Å². The predicted octanol–water partition coefficient (Wildman–Crippen LogP) is 1.92. The van der Waals surface area contributed by atoms with Crippen molar-refractivity contribution < 1.29 is 0 Å². The number of hydrogen-bond acceptors (Lipinski definition) is 3. The minimum atomic E-state index is 0.426. The standard InChI is InChI=1S/C10H19N3S/c1-4-5-13-7-9(6-12-13)10(11-2)8-14-3/h6-7,10-11H,4-5,8H2,1-3H3. The SMILES string of the molecule is CCCn1cc(C(CSC)NC)cn1. The van der Waals surface area contributed by atoms with Crippen molar-refractivity contribution in [3.63, 3.8) is 0 Å². The van der Waals surface area contributed by atoms with Crippen LogP contribution in [0.25, 0.3) is 0 Å². The lowest BCUT2D eigenvalue weighted by Crippen LogP contribution is -2.18. The molecule has 1 atom stereocenters. The smallest absolute Gasteiger partial charge is 0.0537 e. The van der Waals surface area contributed by atoms with Crippen molar-refractivity contribution in [3.8, 4) is 0 Å². The van der Waals surface area contributed by atoms with E-state index in [2.05, 4.69) is 29.8 Å². The molecule has 0 amide bonds. The Morgan fingerprint density at radius 1 is 1.64 bits per heavy atom. The van der Waals surface area contributed by atoms with Gasteiger partial charge >= 0.3 is 0 Å². The molecule has 14 heavy (non-hydrogen) atoms. The third kappa shape index (κ3) is 3.03. The Morgan fingerprint density at radius 2 is 2.43 bits per heavy atom. The summed E-state index contributed by atoms with van der Waals surface area (Å²) < 4.78 is 2.01. The Morgan fingerprint density at radius 3 is 3.00 bits per heavy atom. The molecule has 80 valence electrons. The summed E-state index contributed by atoms with van der Waals surface area (Å²) in [6, 6.07) is 0.426. The zero-order valence-electron chi connectivity index (χ0n) is 9.16. The van der Waals surface area contributed by atoms with Gasteiger partial charge in [0.25, 0.3) is 0 Å². The maximum absolute atomic E-state index is 4.32. The van der Waals surface area contributed by atoms with E-state index in [1.807, 2.05) is 29.7 Å². The summed E-state index contributed by atoms with van der Waals surface area (Å²) in [5.74, 6) is 1.09. The van der Waals surface area contributed by atoms with E-state index in [0.717, 1.165) is 18.7 Å². The van der Waals surface area contributed by atoms with E-state index >= 15 is 0 Å². The number of hydrogen-bond donors (Lipinski definition) is 1. The van der Waals surface area contributed by atoms with Crippen LogP contribution in [-0.4, -0.2) is 28.8 Å². The zero-order chi connectivity index (χ0) is 10.4. The van der Waals surface area contributed by atoms with Gasteiger partial charge in [0.15, 0.2) is 0 Å². The molecule has 0 saturated heterocycles. The average molecular weight is 213 g/mol. The number of rotatable bonds is 6. The zero-order valence-corrected chi connectivity index (χ0v) is 9.97. The first-order valence-corrected chi connectivity index (χ1v) is 6.39. The Balaban J connectivity index is 2.63. The van der Waals surface area contributed by atoms with Gasteiger partial charge in [-0.1, -0.05) is 6.92 Å². The van der Waals surface area contributed by atoms with E-state index < -0.39 is 0 Å². The molecule has 0 aromatic carbocycles. The fraction of sp³-hybridized carbons (Fsp3) is 0.700. The first kappa shape index (κ1) is 11.6. The highest BCUT2D eigenvalue weighted by molar-refractivity contribution is 7.98. The van der Waals surface area contributed by atoms with Crippen molar-refractivity contribution in [1.29, 1.82) is 0 Å². The van der Waals surface area contributed by atoms with Gasteiger partial charge in [0.2, 0.25) is 0 Å². The molecular formula is C10H19N3S. The molecule has 1 aromatic heterocycles. The van der Waals surface area contributed by atoms with Crippen LogP contribution in [0.3, 0.4) is 0 Å². The van der Waals surface area contributed by atoms with E-state index in [1.165, 1.54) is 5.56 Å². The Bertz CT molecular complexity index is 260. The number of nitrogens with zero attached hydrogens (tertiary/aromatic N) is 2. The normalized spacial score (nSPS) is 13.1. The Kier molecular flexibility index (Phi) is 5.04. The van der Waals surface area contributed by atoms with E-state index in [9.17, 15) is 0 Å². The maximum Gasteiger partial charge on any atom is 0.0537 e. The van der Waals surface area contributed by atoms with Crippen LogP contribution in [0, 0.1) is 0 Å². The molecule has 0 spiro atoms. The second-order valence-corrected chi connectivity index (χ2v) is 4.24. The van der Waals surface area contributed by atoms with Crippen molar-refractivity contribution in [2.45, 2.75) is 25.9 Å². The van der Waals surface area contributed by atoms with Gasteiger partial charge in [-0.15, -0.1) is 0 Å². The summed E-state index contributed by atoms with van der Waals surface area (Å²) >= 11 is 1.85. The molecule has 1 heterocycles. The fourth-order valence-corrected chi connectivity index (χ4v) is 2.12. The van der Waals surface area contributed by atoms with Crippen LogP contribution in [0.4, 0.5) is 0 Å². The molecule has 0 fully saturated rings. The van der Waals surface area contributed by atoms with E-state index in [-0.39, 0.29) is 0 Å². The fourth-order valence-electron chi connectivity index (χ4n) is 1.42. The van der Waals surface area contributed by atoms with Crippen LogP contribution in [0.2, 0.25) is 0 Å². The first-order valence-electron chi connectivity index (χ1n) is 5.00. The van der Waals surface area contributed by atoms with Crippen molar-refractivity contribution in [2.75, 3.05) is 19.1 Å². The second kappa shape index (κ2) is 6.09. The lowest BCUT2D eigenvalue weighted by atomic mass is 10.2. The molecular weight excluding hydrogens is 194 g/mol. The Hall–Kier alpha value is -0.480. The van der Waals surface area contributed by atoms with Crippen molar-refractivity contribution in [1.82, 2.24) is 15.1 Å². The van der Waals surface area contributed by atoms with Gasteiger partial charge in [-0.2, -0.15) is 16.9 Å². The van der Waals surface area contributed by atoms with Gasteiger partial charge in [0, 0.05) is 30.1 Å². The number of aromatic nitrogens is 2. The number of nitrogens with one attached hydrogen (secondary N) is 1. The number of aryl methyl sites for hydroxylation is 1. The van der Waals surface area contributed by atoms with Crippen LogP contribution in [0.15, 0.2) is 12.4 Å². The van der Waals surface area contributed by atoms with E-state index in [1.54, 1.807) is 0 Å². The van der Waals surface area contributed by atoms with Gasteiger partial charge in [-0.25, -0.2) is 0 Å². The van der Waals surface area contributed by atoms with Crippen molar-refractivity contribution in [3.05, 3.63) is 18.0 Å². The summed E-state index contributed by atoms with van der Waals surface area (Å²) in [4.78, 5) is 0. The molecule has 0 aliphatic heterocycles. The lowest BCUT2D eigenvalue weighted by molar-refractivity contribution is 0.599. The minimum Gasteiger partial charge on any atom is -0.312 e. The summed E-state index contributed by atoms with van der Waals surface area (Å²) in [5, 5.41) is 7.62. The van der Waals surface area contributed by atoms with Crippen LogP contribution in [-0.2, 0) is 6.54 Å². The minimum absolute atomic E-state index is 0.426. The molecule has 0 aliphatic carbocycles. The second-order valence-electron chi connectivity index (χ2n) is 3.33. The molecule has 0 aliphatic rings. The monoisotopic (exact) mass is 213 g/mol. The molecule has 3 nitrogen and oxygen atoms in total. The quantitative estimate of drug-likeness (QED) is 0.783. The van der Waals surface area contributed by atoms with Crippen LogP contribution in [0.5, 0.6) is 0 Å². The largest absolute Gasteiger partial charge is 0.312 e. The van der Waals surface area contributed by atoms with Crippen LogP contribution < -0.4 is 5.32 Å². The molecule has 0 bridgehead atoms. The van der Waals surface area contributed by atoms with E-state index in [0.29, 0.717) is 6.04 Å².